The van der Waals surface area contributed by atoms with Gasteiger partial charge in [0.25, 0.3) is 0 Å². The van der Waals surface area contributed by atoms with Crippen LogP contribution in [0.2, 0.25) is 0 Å². The van der Waals surface area contributed by atoms with Crippen LogP contribution in [0.4, 0.5) is 0 Å². The standard InChI is InChI=1S/C10H14N2O4S/c11-9(7-2-1-5-17-7)10(15)12-3-4-16-6-8(13)14/h1-2,5,9H,3-4,6,11H2,(H,12,15)(H,13,14). The Labute approximate surface area is 102 Å². The van der Waals surface area contributed by atoms with E-state index < -0.39 is 12.0 Å². The third-order valence-electron chi connectivity index (χ3n) is 1.90. The molecule has 0 aliphatic carbocycles. The summed E-state index contributed by atoms with van der Waals surface area (Å²) in [7, 11) is 0. The number of rotatable bonds is 7. The summed E-state index contributed by atoms with van der Waals surface area (Å²) < 4.78 is 4.76. The molecule has 7 heteroatoms. The molecule has 1 rings (SSSR count). The van der Waals surface area contributed by atoms with Crippen molar-refractivity contribution in [1.82, 2.24) is 5.32 Å². The summed E-state index contributed by atoms with van der Waals surface area (Å²) in [5.74, 6) is -1.34. The molecule has 1 heterocycles. The van der Waals surface area contributed by atoms with Gasteiger partial charge in [0.15, 0.2) is 0 Å². The lowest BCUT2D eigenvalue weighted by atomic mass is 10.2. The van der Waals surface area contributed by atoms with E-state index in [0.29, 0.717) is 0 Å². The zero-order chi connectivity index (χ0) is 12.7. The minimum atomic E-state index is -1.04. The van der Waals surface area contributed by atoms with Gasteiger partial charge in [-0.05, 0) is 11.4 Å². The van der Waals surface area contributed by atoms with Crippen molar-refractivity contribution in [3.8, 4) is 0 Å². The van der Waals surface area contributed by atoms with Gasteiger partial charge in [-0.3, -0.25) is 4.79 Å². The first-order valence-electron chi connectivity index (χ1n) is 4.97. The molecule has 1 amide bonds. The Morgan fingerprint density at radius 3 is 2.94 bits per heavy atom. The molecular formula is C10H14N2O4S. The zero-order valence-electron chi connectivity index (χ0n) is 9.09. The minimum absolute atomic E-state index is 0.148. The van der Waals surface area contributed by atoms with Gasteiger partial charge in [0, 0.05) is 11.4 Å². The molecule has 1 aromatic heterocycles. The highest BCUT2D eigenvalue weighted by Gasteiger charge is 2.15. The first-order valence-corrected chi connectivity index (χ1v) is 5.85. The number of nitrogens with two attached hydrogens (primary N) is 1. The second-order valence-electron chi connectivity index (χ2n) is 3.23. The number of hydrogen-bond acceptors (Lipinski definition) is 5. The summed E-state index contributed by atoms with van der Waals surface area (Å²) in [5, 5.41) is 12.7. The van der Waals surface area contributed by atoms with Crippen LogP contribution < -0.4 is 11.1 Å². The second-order valence-corrected chi connectivity index (χ2v) is 4.21. The van der Waals surface area contributed by atoms with E-state index in [1.165, 1.54) is 11.3 Å². The van der Waals surface area contributed by atoms with Crippen molar-refractivity contribution >= 4 is 23.2 Å². The van der Waals surface area contributed by atoms with Gasteiger partial charge in [-0.25, -0.2) is 4.79 Å². The molecule has 0 saturated heterocycles. The SMILES string of the molecule is NC(C(=O)NCCOCC(=O)O)c1cccs1. The Morgan fingerprint density at radius 1 is 1.59 bits per heavy atom. The second kappa shape index (κ2) is 7.00. The van der Waals surface area contributed by atoms with Gasteiger partial charge < -0.3 is 20.9 Å². The molecule has 0 aromatic carbocycles. The summed E-state index contributed by atoms with van der Waals surface area (Å²) in [6.07, 6.45) is 0. The van der Waals surface area contributed by atoms with E-state index in [0.717, 1.165) is 4.88 Å². The average Bonchev–Trinajstić information content (AvgIpc) is 2.80. The average molecular weight is 258 g/mol. The molecule has 1 atom stereocenters. The fourth-order valence-electron chi connectivity index (χ4n) is 1.11. The summed E-state index contributed by atoms with van der Waals surface area (Å²) in [4.78, 5) is 22.5. The molecule has 0 saturated carbocycles. The third-order valence-corrected chi connectivity index (χ3v) is 2.86. The number of carboxylic acids is 1. The highest BCUT2D eigenvalue weighted by molar-refractivity contribution is 7.10. The maximum Gasteiger partial charge on any atom is 0.329 e. The van der Waals surface area contributed by atoms with Crippen molar-refractivity contribution in [2.75, 3.05) is 19.8 Å². The number of carboxylic acid groups (broad SMARTS) is 1. The van der Waals surface area contributed by atoms with Crippen molar-refractivity contribution in [3.63, 3.8) is 0 Å². The number of aliphatic carboxylic acids is 1. The van der Waals surface area contributed by atoms with E-state index in [1.807, 2.05) is 11.4 Å². The predicted molar refractivity (Wildman–Crippen MR) is 62.7 cm³/mol. The molecule has 1 unspecified atom stereocenters. The van der Waals surface area contributed by atoms with Crippen LogP contribution in [0.3, 0.4) is 0 Å². The van der Waals surface area contributed by atoms with Gasteiger partial charge in [-0.15, -0.1) is 11.3 Å². The Balaban J connectivity index is 2.19. The van der Waals surface area contributed by atoms with Gasteiger partial charge in [0.05, 0.1) is 6.61 Å². The summed E-state index contributed by atoms with van der Waals surface area (Å²) in [5.41, 5.74) is 5.71. The fraction of sp³-hybridized carbons (Fsp3) is 0.400. The highest BCUT2D eigenvalue weighted by Crippen LogP contribution is 2.16. The van der Waals surface area contributed by atoms with Crippen LogP contribution in [0, 0.1) is 0 Å². The number of thiophene rings is 1. The maximum absolute atomic E-state index is 11.5. The number of amides is 1. The molecule has 0 radical (unpaired) electrons. The molecular weight excluding hydrogens is 244 g/mol. The monoisotopic (exact) mass is 258 g/mol. The van der Waals surface area contributed by atoms with Gasteiger partial charge in [0.2, 0.25) is 5.91 Å². The van der Waals surface area contributed by atoms with E-state index in [-0.39, 0.29) is 25.7 Å². The number of ether oxygens (including phenoxy) is 1. The molecule has 1 aromatic rings. The molecule has 0 aliphatic rings. The molecule has 0 spiro atoms. The lowest BCUT2D eigenvalue weighted by molar-refractivity contribution is -0.142. The van der Waals surface area contributed by atoms with Crippen molar-refractivity contribution in [2.24, 2.45) is 5.73 Å². The molecule has 94 valence electrons. The van der Waals surface area contributed by atoms with Gasteiger partial charge >= 0.3 is 5.97 Å². The van der Waals surface area contributed by atoms with E-state index in [1.54, 1.807) is 6.07 Å². The summed E-state index contributed by atoms with van der Waals surface area (Å²) >= 11 is 1.41. The summed E-state index contributed by atoms with van der Waals surface area (Å²) in [6, 6.07) is 2.92. The number of hydrogen-bond donors (Lipinski definition) is 3. The predicted octanol–water partition coefficient (Wildman–Crippen LogP) is -0.0347. The maximum atomic E-state index is 11.5. The van der Waals surface area contributed by atoms with Crippen LogP contribution >= 0.6 is 11.3 Å². The lowest BCUT2D eigenvalue weighted by Gasteiger charge is -2.10. The van der Waals surface area contributed by atoms with Crippen molar-refractivity contribution in [3.05, 3.63) is 22.4 Å². The third kappa shape index (κ3) is 4.94. The van der Waals surface area contributed by atoms with Crippen LogP contribution in [0.5, 0.6) is 0 Å². The van der Waals surface area contributed by atoms with E-state index in [9.17, 15) is 9.59 Å². The molecule has 4 N–H and O–H groups in total. The fourth-order valence-corrected chi connectivity index (χ4v) is 1.84. The Morgan fingerprint density at radius 2 is 2.35 bits per heavy atom. The number of nitrogens with one attached hydrogen (secondary N) is 1. The normalized spacial score (nSPS) is 12.1. The Bertz CT molecular complexity index is 366. The minimum Gasteiger partial charge on any atom is -0.480 e. The highest BCUT2D eigenvalue weighted by atomic mass is 32.1. The topological polar surface area (TPSA) is 102 Å². The van der Waals surface area contributed by atoms with Crippen molar-refractivity contribution in [2.45, 2.75) is 6.04 Å². The molecule has 0 fully saturated rings. The van der Waals surface area contributed by atoms with Gasteiger partial charge in [-0.1, -0.05) is 6.07 Å². The van der Waals surface area contributed by atoms with Crippen LogP contribution in [-0.4, -0.2) is 36.7 Å². The van der Waals surface area contributed by atoms with Crippen LogP contribution in [-0.2, 0) is 14.3 Å². The molecule has 0 bridgehead atoms. The van der Waals surface area contributed by atoms with Crippen LogP contribution in [0.25, 0.3) is 0 Å². The van der Waals surface area contributed by atoms with Gasteiger partial charge in [-0.2, -0.15) is 0 Å². The Hall–Kier alpha value is -1.44. The van der Waals surface area contributed by atoms with E-state index >= 15 is 0 Å². The van der Waals surface area contributed by atoms with E-state index in [2.05, 4.69) is 5.32 Å². The van der Waals surface area contributed by atoms with Crippen LogP contribution in [0.1, 0.15) is 10.9 Å². The van der Waals surface area contributed by atoms with Crippen molar-refractivity contribution in [1.29, 1.82) is 0 Å². The summed E-state index contributed by atoms with van der Waals surface area (Å²) in [6.45, 7) is 0.0211. The van der Waals surface area contributed by atoms with E-state index in [4.69, 9.17) is 15.6 Å². The Kier molecular flexibility index (Phi) is 5.61. The quantitative estimate of drug-likeness (QED) is 0.596. The number of carbonyl (C=O) groups excluding carboxylic acids is 1. The molecule has 6 nitrogen and oxygen atoms in total. The largest absolute Gasteiger partial charge is 0.480 e. The number of carbonyl (C=O) groups is 2. The zero-order valence-corrected chi connectivity index (χ0v) is 9.90. The van der Waals surface area contributed by atoms with Crippen LogP contribution in [0.15, 0.2) is 17.5 Å². The molecule has 17 heavy (non-hydrogen) atoms. The molecule has 0 aliphatic heterocycles. The first kappa shape index (κ1) is 13.6. The van der Waals surface area contributed by atoms with Crippen molar-refractivity contribution < 1.29 is 19.4 Å². The lowest BCUT2D eigenvalue weighted by Crippen LogP contribution is -2.35. The van der Waals surface area contributed by atoms with Gasteiger partial charge in [0.1, 0.15) is 12.6 Å². The first-order chi connectivity index (χ1) is 8.11. The smallest absolute Gasteiger partial charge is 0.329 e.